The predicted octanol–water partition coefficient (Wildman–Crippen LogP) is 4.88. The van der Waals surface area contributed by atoms with Crippen molar-refractivity contribution in [3.8, 4) is 11.6 Å². The number of nitrogens with zero attached hydrogens (tertiary/aromatic N) is 3. The van der Waals surface area contributed by atoms with Crippen LogP contribution in [0.15, 0.2) is 66.9 Å². The lowest BCUT2D eigenvalue weighted by molar-refractivity contribution is 0.452. The van der Waals surface area contributed by atoms with Crippen LogP contribution < -0.4 is 10.1 Å². The highest BCUT2D eigenvalue weighted by Gasteiger charge is 2.09. The van der Waals surface area contributed by atoms with E-state index in [9.17, 15) is 4.39 Å². The molecule has 4 rings (SSSR count). The Bertz CT molecular complexity index is 1100. The average molecular weight is 360 g/mol. The summed E-state index contributed by atoms with van der Waals surface area (Å²) in [5.74, 6) is 1.16. The molecule has 2 aromatic carbocycles. The van der Waals surface area contributed by atoms with Crippen LogP contribution in [-0.4, -0.2) is 15.0 Å². The van der Waals surface area contributed by atoms with Crippen LogP contribution >= 0.6 is 0 Å². The summed E-state index contributed by atoms with van der Waals surface area (Å²) in [6.07, 6.45) is 1.64. The van der Waals surface area contributed by atoms with Crippen LogP contribution in [0.1, 0.15) is 11.3 Å². The van der Waals surface area contributed by atoms with Crippen molar-refractivity contribution in [2.45, 2.75) is 13.5 Å². The van der Waals surface area contributed by atoms with E-state index in [1.165, 1.54) is 12.1 Å². The topological polar surface area (TPSA) is 59.9 Å². The van der Waals surface area contributed by atoms with Gasteiger partial charge in [0, 0.05) is 24.4 Å². The van der Waals surface area contributed by atoms with Gasteiger partial charge in [0.15, 0.2) is 0 Å². The van der Waals surface area contributed by atoms with Crippen LogP contribution in [0.2, 0.25) is 0 Å². The zero-order chi connectivity index (χ0) is 18.6. The lowest BCUT2D eigenvalue weighted by atomic mass is 10.2. The first-order chi connectivity index (χ1) is 13.2. The first-order valence-electron chi connectivity index (χ1n) is 8.53. The van der Waals surface area contributed by atoms with Gasteiger partial charge < -0.3 is 10.1 Å². The number of anilines is 1. The monoisotopic (exact) mass is 360 g/mol. The maximum Gasteiger partial charge on any atom is 0.224 e. The molecule has 4 aromatic rings. The van der Waals surface area contributed by atoms with Crippen molar-refractivity contribution < 1.29 is 9.13 Å². The molecule has 0 unspecified atom stereocenters. The zero-order valence-electron chi connectivity index (χ0n) is 14.7. The second-order valence-electron chi connectivity index (χ2n) is 6.03. The first kappa shape index (κ1) is 16.9. The Hall–Kier alpha value is -3.54. The molecule has 0 spiro atoms. The number of halogens is 1. The van der Waals surface area contributed by atoms with Gasteiger partial charge in [0.05, 0.1) is 16.7 Å². The van der Waals surface area contributed by atoms with Gasteiger partial charge in [-0.25, -0.2) is 19.3 Å². The molecule has 0 aliphatic heterocycles. The summed E-state index contributed by atoms with van der Waals surface area (Å²) in [5, 5.41) is 3.29. The summed E-state index contributed by atoms with van der Waals surface area (Å²) in [4.78, 5) is 13.5. The summed E-state index contributed by atoms with van der Waals surface area (Å²) < 4.78 is 19.1. The molecule has 27 heavy (non-hydrogen) atoms. The van der Waals surface area contributed by atoms with Crippen LogP contribution in [0, 0.1) is 12.7 Å². The van der Waals surface area contributed by atoms with E-state index in [-0.39, 0.29) is 5.82 Å². The molecule has 0 bridgehead atoms. The third kappa shape index (κ3) is 3.84. The Labute approximate surface area is 155 Å². The fourth-order valence-electron chi connectivity index (χ4n) is 2.73. The van der Waals surface area contributed by atoms with Crippen molar-refractivity contribution in [1.82, 2.24) is 15.0 Å². The van der Waals surface area contributed by atoms with E-state index < -0.39 is 0 Å². The molecule has 0 saturated heterocycles. The average Bonchev–Trinajstić information content (AvgIpc) is 2.67. The molecule has 0 saturated carbocycles. The molecule has 1 N–H and O–H groups in total. The lowest BCUT2D eigenvalue weighted by Gasteiger charge is -2.12. The van der Waals surface area contributed by atoms with E-state index >= 15 is 0 Å². The van der Waals surface area contributed by atoms with Gasteiger partial charge in [0.1, 0.15) is 17.4 Å². The quantitative estimate of drug-likeness (QED) is 0.550. The summed E-state index contributed by atoms with van der Waals surface area (Å²) in [5.41, 5.74) is 3.33. The second kappa shape index (κ2) is 7.37. The van der Waals surface area contributed by atoms with Crippen LogP contribution in [-0.2, 0) is 6.54 Å². The third-order valence-corrected chi connectivity index (χ3v) is 4.05. The fraction of sp³-hybridized carbons (Fsp3) is 0.0952. The summed E-state index contributed by atoms with van der Waals surface area (Å²) in [6.45, 7) is 2.36. The van der Waals surface area contributed by atoms with Gasteiger partial charge in [0.25, 0.3) is 0 Å². The number of rotatable bonds is 5. The van der Waals surface area contributed by atoms with E-state index in [0.29, 0.717) is 24.0 Å². The minimum atomic E-state index is -0.356. The van der Waals surface area contributed by atoms with Crippen molar-refractivity contribution in [1.29, 1.82) is 0 Å². The number of para-hydroxylation sites is 2. The Morgan fingerprint density at radius 1 is 0.963 bits per heavy atom. The van der Waals surface area contributed by atoms with Crippen molar-refractivity contribution in [3.05, 3.63) is 83.9 Å². The highest BCUT2D eigenvalue weighted by molar-refractivity contribution is 5.76. The predicted molar refractivity (Wildman–Crippen MR) is 102 cm³/mol. The van der Waals surface area contributed by atoms with Crippen LogP contribution in [0.3, 0.4) is 0 Å². The molecule has 0 amide bonds. The number of aromatic nitrogens is 3. The van der Waals surface area contributed by atoms with Gasteiger partial charge >= 0.3 is 0 Å². The molecular weight excluding hydrogens is 343 g/mol. The van der Waals surface area contributed by atoms with E-state index in [1.807, 2.05) is 43.3 Å². The Morgan fingerprint density at radius 2 is 1.78 bits per heavy atom. The number of pyridine rings is 1. The minimum Gasteiger partial charge on any atom is -0.439 e. The molecule has 2 aromatic heterocycles. The molecule has 6 heteroatoms. The summed E-state index contributed by atoms with van der Waals surface area (Å²) in [6, 6.07) is 17.4. The summed E-state index contributed by atoms with van der Waals surface area (Å²) >= 11 is 0. The fourth-order valence-corrected chi connectivity index (χ4v) is 2.73. The SMILES string of the molecule is Cc1nc2ccccc2nc1NCc1cccnc1Oc1cccc(F)c1. The minimum absolute atomic E-state index is 0.356. The molecule has 5 nitrogen and oxygen atoms in total. The maximum atomic E-state index is 13.4. The number of nitrogens with one attached hydrogen (secondary N) is 1. The Morgan fingerprint density at radius 3 is 2.59 bits per heavy atom. The maximum absolute atomic E-state index is 13.4. The van der Waals surface area contributed by atoms with Crippen molar-refractivity contribution >= 4 is 16.9 Å². The number of ether oxygens (including phenoxy) is 1. The van der Waals surface area contributed by atoms with Crippen molar-refractivity contribution in [2.75, 3.05) is 5.32 Å². The van der Waals surface area contributed by atoms with Crippen LogP contribution in [0.4, 0.5) is 10.2 Å². The first-order valence-corrected chi connectivity index (χ1v) is 8.53. The second-order valence-corrected chi connectivity index (χ2v) is 6.03. The third-order valence-electron chi connectivity index (χ3n) is 4.05. The molecule has 134 valence electrons. The van der Waals surface area contributed by atoms with E-state index in [2.05, 4.69) is 20.3 Å². The molecule has 0 radical (unpaired) electrons. The Balaban J connectivity index is 1.56. The van der Waals surface area contributed by atoms with E-state index in [0.717, 1.165) is 22.3 Å². The van der Waals surface area contributed by atoms with Crippen molar-refractivity contribution in [3.63, 3.8) is 0 Å². The van der Waals surface area contributed by atoms with Gasteiger partial charge in [-0.3, -0.25) is 0 Å². The van der Waals surface area contributed by atoms with Gasteiger partial charge in [0.2, 0.25) is 5.88 Å². The Kier molecular flexibility index (Phi) is 4.61. The largest absolute Gasteiger partial charge is 0.439 e. The van der Waals surface area contributed by atoms with Gasteiger partial charge in [-0.1, -0.05) is 24.3 Å². The molecule has 0 atom stereocenters. The number of benzene rings is 2. The molecule has 2 heterocycles. The van der Waals surface area contributed by atoms with Crippen LogP contribution in [0.25, 0.3) is 11.0 Å². The molecule has 0 fully saturated rings. The normalized spacial score (nSPS) is 10.7. The number of hydrogen-bond donors (Lipinski definition) is 1. The molecular formula is C21H17FN4O. The van der Waals surface area contributed by atoms with E-state index in [1.54, 1.807) is 18.3 Å². The summed E-state index contributed by atoms with van der Waals surface area (Å²) in [7, 11) is 0. The molecule has 0 aliphatic rings. The molecule has 0 aliphatic carbocycles. The van der Waals surface area contributed by atoms with Gasteiger partial charge in [-0.2, -0.15) is 0 Å². The number of fused-ring (bicyclic) bond motifs is 1. The van der Waals surface area contributed by atoms with Crippen molar-refractivity contribution in [2.24, 2.45) is 0 Å². The van der Waals surface area contributed by atoms with Gasteiger partial charge in [-0.05, 0) is 37.3 Å². The van der Waals surface area contributed by atoms with Gasteiger partial charge in [-0.15, -0.1) is 0 Å². The smallest absolute Gasteiger partial charge is 0.224 e. The highest BCUT2D eigenvalue weighted by Crippen LogP contribution is 2.24. The number of aryl methyl sites for hydroxylation is 1. The highest BCUT2D eigenvalue weighted by atomic mass is 19.1. The van der Waals surface area contributed by atoms with E-state index in [4.69, 9.17) is 4.74 Å². The van der Waals surface area contributed by atoms with Crippen LogP contribution in [0.5, 0.6) is 11.6 Å². The number of hydrogen-bond acceptors (Lipinski definition) is 5. The zero-order valence-corrected chi connectivity index (χ0v) is 14.7. The standard InChI is InChI=1S/C21H17FN4O/c1-14-20(26-19-10-3-2-9-18(19)25-14)24-13-15-6-5-11-23-21(15)27-17-8-4-7-16(22)12-17/h2-12H,13H2,1H3,(H,24,26). The lowest BCUT2D eigenvalue weighted by Crippen LogP contribution is -2.06.